The normalized spacial score (nSPS) is 33.0. The lowest BCUT2D eigenvalue weighted by Gasteiger charge is -2.30. The van der Waals surface area contributed by atoms with Gasteiger partial charge in [-0.2, -0.15) is 0 Å². The summed E-state index contributed by atoms with van der Waals surface area (Å²) in [6.07, 6.45) is 5.04. The number of fused-ring (bicyclic) bond motifs is 1. The zero-order valence-corrected chi connectivity index (χ0v) is 17.0. The summed E-state index contributed by atoms with van der Waals surface area (Å²) in [4.78, 5) is 18.6. The smallest absolute Gasteiger partial charge is 0.222 e. The van der Waals surface area contributed by atoms with Crippen molar-refractivity contribution in [3.05, 3.63) is 30.1 Å². The maximum atomic E-state index is 12.2. The number of ether oxygens (including phenoxy) is 2. The van der Waals surface area contributed by atoms with Crippen LogP contribution in [0.15, 0.2) is 24.5 Å². The number of hydrogen-bond donors (Lipinski definition) is 3. The summed E-state index contributed by atoms with van der Waals surface area (Å²) >= 11 is 0. The van der Waals surface area contributed by atoms with Gasteiger partial charge in [-0.1, -0.05) is 6.07 Å². The van der Waals surface area contributed by atoms with Gasteiger partial charge in [0.05, 0.1) is 24.7 Å². The highest BCUT2D eigenvalue weighted by atomic mass is 16.6. The van der Waals surface area contributed by atoms with E-state index < -0.39 is 6.10 Å². The molecule has 3 saturated heterocycles. The maximum Gasteiger partial charge on any atom is 0.222 e. The molecule has 3 aliphatic heterocycles. The van der Waals surface area contributed by atoms with E-state index in [1.54, 1.807) is 12.4 Å². The van der Waals surface area contributed by atoms with Crippen molar-refractivity contribution in [1.29, 1.82) is 0 Å². The summed E-state index contributed by atoms with van der Waals surface area (Å²) in [5.74, 6) is -0.0613. The van der Waals surface area contributed by atoms with Crippen molar-refractivity contribution in [3.63, 3.8) is 0 Å². The van der Waals surface area contributed by atoms with Crippen LogP contribution in [0.1, 0.15) is 31.2 Å². The second-order valence-corrected chi connectivity index (χ2v) is 8.49. The largest absolute Gasteiger partial charge is 0.388 e. The summed E-state index contributed by atoms with van der Waals surface area (Å²) in [6, 6.07) is 4.26. The quantitative estimate of drug-likeness (QED) is 0.591. The number of rotatable bonds is 7. The highest BCUT2D eigenvalue weighted by molar-refractivity contribution is 5.76. The van der Waals surface area contributed by atoms with Crippen LogP contribution in [-0.4, -0.2) is 84.1 Å². The fourth-order valence-electron chi connectivity index (χ4n) is 4.49. The molecule has 1 aromatic heterocycles. The first-order valence-corrected chi connectivity index (χ1v) is 10.6. The molecule has 4 rings (SSSR count). The van der Waals surface area contributed by atoms with Crippen molar-refractivity contribution < 1.29 is 19.4 Å². The van der Waals surface area contributed by atoms with Crippen molar-refractivity contribution in [2.75, 3.05) is 26.7 Å². The summed E-state index contributed by atoms with van der Waals surface area (Å²) in [5, 5.41) is 17.1. The molecule has 0 saturated carbocycles. The molecule has 0 aromatic carbocycles. The SMILES string of the molecule is CN1CCC(NCC2OC3CC(CC(=O)NCc4cccnc4)OC3C2O)CC1. The Kier molecular flexibility index (Phi) is 6.77. The predicted octanol–water partition coefficient (Wildman–Crippen LogP) is 0.0575. The molecule has 3 aliphatic rings. The van der Waals surface area contributed by atoms with Gasteiger partial charge in [0.25, 0.3) is 0 Å². The summed E-state index contributed by atoms with van der Waals surface area (Å²) in [6.45, 7) is 3.30. The number of carbonyl (C=O) groups excluding carboxylic acids is 1. The number of nitrogens with one attached hydrogen (secondary N) is 2. The second-order valence-electron chi connectivity index (χ2n) is 8.49. The van der Waals surface area contributed by atoms with E-state index in [1.807, 2.05) is 12.1 Å². The molecule has 5 atom stereocenters. The monoisotopic (exact) mass is 404 g/mol. The van der Waals surface area contributed by atoms with Crippen LogP contribution in [-0.2, 0) is 20.8 Å². The molecule has 1 amide bonds. The van der Waals surface area contributed by atoms with Crippen LogP contribution in [0.4, 0.5) is 0 Å². The number of likely N-dealkylation sites (tertiary alicyclic amines) is 1. The summed E-state index contributed by atoms with van der Waals surface area (Å²) < 4.78 is 12.0. The van der Waals surface area contributed by atoms with E-state index in [-0.39, 0.29) is 36.7 Å². The molecule has 0 spiro atoms. The summed E-state index contributed by atoms with van der Waals surface area (Å²) in [5.41, 5.74) is 0.962. The number of hydrogen-bond acceptors (Lipinski definition) is 7. The van der Waals surface area contributed by atoms with Gasteiger partial charge in [-0.25, -0.2) is 0 Å². The van der Waals surface area contributed by atoms with Crippen LogP contribution in [0.2, 0.25) is 0 Å². The number of piperidine rings is 1. The Morgan fingerprint density at radius 2 is 2.17 bits per heavy atom. The Bertz CT molecular complexity index is 668. The molecule has 29 heavy (non-hydrogen) atoms. The Morgan fingerprint density at radius 3 is 2.90 bits per heavy atom. The molecule has 0 aliphatic carbocycles. The molecule has 0 radical (unpaired) electrons. The van der Waals surface area contributed by atoms with Gasteiger partial charge in [0.15, 0.2) is 0 Å². The van der Waals surface area contributed by atoms with Gasteiger partial charge < -0.3 is 30.1 Å². The number of aliphatic hydroxyl groups is 1. The van der Waals surface area contributed by atoms with Crippen LogP contribution in [0.3, 0.4) is 0 Å². The van der Waals surface area contributed by atoms with Crippen molar-refractivity contribution in [2.45, 2.75) is 68.8 Å². The highest BCUT2D eigenvalue weighted by Gasteiger charge is 2.50. The third kappa shape index (κ3) is 5.32. The maximum absolute atomic E-state index is 12.2. The Hall–Kier alpha value is -1.58. The van der Waals surface area contributed by atoms with E-state index in [0.29, 0.717) is 25.6 Å². The molecule has 8 heteroatoms. The molecular formula is C21H32N4O4. The molecule has 3 N–H and O–H groups in total. The van der Waals surface area contributed by atoms with E-state index in [9.17, 15) is 9.90 Å². The van der Waals surface area contributed by atoms with Crippen LogP contribution < -0.4 is 10.6 Å². The molecule has 4 heterocycles. The van der Waals surface area contributed by atoms with Crippen molar-refractivity contribution in [1.82, 2.24) is 20.5 Å². The van der Waals surface area contributed by atoms with E-state index in [0.717, 1.165) is 31.5 Å². The van der Waals surface area contributed by atoms with Crippen molar-refractivity contribution >= 4 is 5.91 Å². The van der Waals surface area contributed by atoms with Gasteiger partial charge in [-0.05, 0) is 44.6 Å². The molecule has 3 fully saturated rings. The first-order valence-electron chi connectivity index (χ1n) is 10.6. The van der Waals surface area contributed by atoms with Crippen LogP contribution >= 0.6 is 0 Å². The third-order valence-electron chi connectivity index (χ3n) is 6.23. The fourth-order valence-corrected chi connectivity index (χ4v) is 4.49. The average Bonchev–Trinajstić information content (AvgIpc) is 3.25. The molecular weight excluding hydrogens is 372 g/mol. The number of pyridine rings is 1. The van der Waals surface area contributed by atoms with E-state index >= 15 is 0 Å². The average molecular weight is 405 g/mol. The van der Waals surface area contributed by atoms with E-state index in [4.69, 9.17) is 9.47 Å². The Balaban J connectivity index is 1.17. The van der Waals surface area contributed by atoms with E-state index in [2.05, 4.69) is 27.6 Å². The lowest BCUT2D eigenvalue weighted by Crippen LogP contribution is -2.46. The number of aliphatic hydroxyl groups excluding tert-OH is 1. The van der Waals surface area contributed by atoms with Gasteiger partial charge in [0.2, 0.25) is 5.91 Å². The lowest BCUT2D eigenvalue weighted by molar-refractivity contribution is -0.124. The first kappa shape index (κ1) is 20.7. The van der Waals surface area contributed by atoms with Gasteiger partial charge in [0, 0.05) is 37.9 Å². The number of aromatic nitrogens is 1. The van der Waals surface area contributed by atoms with Gasteiger partial charge in [0.1, 0.15) is 12.2 Å². The van der Waals surface area contributed by atoms with Gasteiger partial charge in [-0.3, -0.25) is 9.78 Å². The zero-order valence-electron chi connectivity index (χ0n) is 17.0. The van der Waals surface area contributed by atoms with Crippen molar-refractivity contribution in [3.8, 4) is 0 Å². The van der Waals surface area contributed by atoms with Crippen LogP contribution in [0.25, 0.3) is 0 Å². The minimum absolute atomic E-state index is 0.0613. The Labute approximate surface area is 172 Å². The molecule has 1 aromatic rings. The first-order chi connectivity index (χ1) is 14.1. The molecule has 5 unspecified atom stereocenters. The van der Waals surface area contributed by atoms with Crippen LogP contribution in [0, 0.1) is 0 Å². The summed E-state index contributed by atoms with van der Waals surface area (Å²) in [7, 11) is 2.15. The van der Waals surface area contributed by atoms with Gasteiger partial charge in [-0.15, -0.1) is 0 Å². The minimum Gasteiger partial charge on any atom is -0.388 e. The lowest BCUT2D eigenvalue weighted by atomic mass is 10.0. The zero-order chi connectivity index (χ0) is 20.2. The molecule has 160 valence electrons. The molecule has 0 bridgehead atoms. The minimum atomic E-state index is -0.651. The Morgan fingerprint density at radius 1 is 1.34 bits per heavy atom. The fraction of sp³-hybridized carbons (Fsp3) is 0.714. The van der Waals surface area contributed by atoms with Crippen molar-refractivity contribution in [2.24, 2.45) is 0 Å². The highest BCUT2D eigenvalue weighted by Crippen LogP contribution is 2.35. The standard InChI is InChI=1S/C21H32N4O4/c1-25-7-4-15(5-8-25)23-13-18-20(27)21-17(29-18)9-16(28-21)10-19(26)24-12-14-3-2-6-22-11-14/h2-3,6,11,15-18,20-21,23,27H,4-5,7-10,12-13H2,1H3,(H,24,26). The molecule has 8 nitrogen and oxygen atoms in total. The number of amides is 1. The second kappa shape index (κ2) is 9.49. The van der Waals surface area contributed by atoms with Gasteiger partial charge >= 0.3 is 0 Å². The van der Waals surface area contributed by atoms with E-state index in [1.165, 1.54) is 0 Å². The topological polar surface area (TPSA) is 96.0 Å². The van der Waals surface area contributed by atoms with Crippen LogP contribution in [0.5, 0.6) is 0 Å². The number of carbonyl (C=O) groups is 1. The third-order valence-corrected chi connectivity index (χ3v) is 6.23. The number of nitrogens with zero attached hydrogens (tertiary/aromatic N) is 2. The predicted molar refractivity (Wildman–Crippen MR) is 107 cm³/mol.